The van der Waals surface area contributed by atoms with Crippen LogP contribution in [0.15, 0.2) is 18.2 Å². The number of fused-ring (bicyclic) bond motifs is 2. The van der Waals surface area contributed by atoms with Crippen molar-refractivity contribution in [3.63, 3.8) is 0 Å². The summed E-state index contributed by atoms with van der Waals surface area (Å²) in [6, 6.07) is 6.01. The fourth-order valence-electron chi connectivity index (χ4n) is 5.49. The monoisotopic (exact) mass is 433 g/mol. The fourth-order valence-corrected chi connectivity index (χ4v) is 5.49. The van der Waals surface area contributed by atoms with Gasteiger partial charge in [-0.2, -0.15) is 0 Å². The molecule has 6 heteroatoms. The fraction of sp³-hybridized carbons (Fsp3) is 0.720. The van der Waals surface area contributed by atoms with Gasteiger partial charge in [-0.3, -0.25) is 4.79 Å². The lowest BCUT2D eigenvalue weighted by molar-refractivity contribution is -0.123. The summed E-state index contributed by atoms with van der Waals surface area (Å²) in [6.45, 7) is 2.25. The van der Waals surface area contributed by atoms with E-state index in [0.29, 0.717) is 11.8 Å². The van der Waals surface area contributed by atoms with Crippen molar-refractivity contribution < 1.29 is 24.9 Å². The number of ether oxygens (including phenoxy) is 1. The van der Waals surface area contributed by atoms with E-state index in [-0.39, 0.29) is 43.8 Å². The van der Waals surface area contributed by atoms with E-state index >= 15 is 0 Å². The van der Waals surface area contributed by atoms with Crippen molar-refractivity contribution in [3.05, 3.63) is 29.3 Å². The van der Waals surface area contributed by atoms with Gasteiger partial charge in [0, 0.05) is 6.54 Å². The number of carbonyl (C=O) groups is 1. The highest BCUT2D eigenvalue weighted by Gasteiger charge is 2.44. The number of rotatable bonds is 12. The van der Waals surface area contributed by atoms with Crippen LogP contribution in [0, 0.1) is 17.8 Å². The molecular weight excluding hydrogens is 394 g/mol. The van der Waals surface area contributed by atoms with Crippen molar-refractivity contribution in [2.75, 3.05) is 19.8 Å². The molecule has 2 aliphatic rings. The summed E-state index contributed by atoms with van der Waals surface area (Å²) in [6.07, 6.45) is 7.93. The molecule has 2 aliphatic carbocycles. The minimum atomic E-state index is -0.305. The third-order valence-corrected chi connectivity index (χ3v) is 7.11. The van der Waals surface area contributed by atoms with Crippen LogP contribution < -0.4 is 10.1 Å². The van der Waals surface area contributed by atoms with Gasteiger partial charge in [-0.25, -0.2) is 0 Å². The van der Waals surface area contributed by atoms with E-state index in [4.69, 9.17) is 9.84 Å². The Bertz CT molecular complexity index is 709. The minimum absolute atomic E-state index is 0.0638. The van der Waals surface area contributed by atoms with E-state index in [9.17, 15) is 15.0 Å². The van der Waals surface area contributed by atoms with Gasteiger partial charge in [0.05, 0.1) is 18.8 Å². The lowest BCUT2D eigenvalue weighted by atomic mass is 9.73. The molecule has 5 atom stereocenters. The van der Waals surface area contributed by atoms with Crippen LogP contribution in [0.4, 0.5) is 0 Å². The second-order valence-electron chi connectivity index (χ2n) is 9.28. The molecule has 1 aromatic rings. The van der Waals surface area contributed by atoms with Crippen LogP contribution in [-0.4, -0.2) is 53.2 Å². The second kappa shape index (κ2) is 11.8. The molecule has 0 aliphatic heterocycles. The Hall–Kier alpha value is -1.63. The molecule has 0 aromatic heterocycles. The third-order valence-electron chi connectivity index (χ3n) is 7.11. The summed E-state index contributed by atoms with van der Waals surface area (Å²) in [5.41, 5.74) is 2.41. The molecule has 6 nitrogen and oxygen atoms in total. The first-order valence-electron chi connectivity index (χ1n) is 12.0. The Balaban J connectivity index is 1.59. The predicted octanol–water partition coefficient (Wildman–Crippen LogP) is 2.61. The van der Waals surface area contributed by atoms with Gasteiger partial charge in [0.25, 0.3) is 5.91 Å². The number of nitrogens with one attached hydrogen (secondary N) is 1. The van der Waals surface area contributed by atoms with Crippen LogP contribution in [0.3, 0.4) is 0 Å². The van der Waals surface area contributed by atoms with E-state index in [2.05, 4.69) is 18.3 Å². The van der Waals surface area contributed by atoms with Gasteiger partial charge in [0.15, 0.2) is 6.61 Å². The first kappa shape index (κ1) is 24.0. The van der Waals surface area contributed by atoms with Crippen molar-refractivity contribution in [1.29, 1.82) is 0 Å². The average Bonchev–Trinajstić information content (AvgIpc) is 3.07. The van der Waals surface area contributed by atoms with E-state index in [1.807, 2.05) is 12.1 Å². The molecule has 3 rings (SSSR count). The maximum Gasteiger partial charge on any atom is 0.258 e. The first-order valence-corrected chi connectivity index (χ1v) is 12.0. The van der Waals surface area contributed by atoms with Gasteiger partial charge in [0.2, 0.25) is 0 Å². The summed E-state index contributed by atoms with van der Waals surface area (Å²) < 4.78 is 5.80. The highest BCUT2D eigenvalue weighted by molar-refractivity contribution is 5.77. The standard InChI is InChI=1S/C25H39NO5/c1-2-3-4-7-19(28)9-10-20-21-13-17-6-5-8-24(31-16-25(30)26-11-12-27)22(17)14-18(21)15-23(20)29/h5-6,8,18-21,23,27-29H,2-4,7,9-16H2,1H3,(H,26,30). The van der Waals surface area contributed by atoms with Crippen LogP contribution in [0.25, 0.3) is 0 Å². The number of carbonyl (C=O) groups excluding carboxylic acids is 1. The largest absolute Gasteiger partial charge is 0.483 e. The molecular formula is C25H39NO5. The van der Waals surface area contributed by atoms with Crippen molar-refractivity contribution in [1.82, 2.24) is 5.32 Å². The Labute approximate surface area is 186 Å². The molecule has 0 spiro atoms. The Morgan fingerprint density at radius 1 is 1.26 bits per heavy atom. The summed E-state index contributed by atoms with van der Waals surface area (Å²) in [5.74, 6) is 1.60. The highest BCUT2D eigenvalue weighted by Crippen LogP contribution is 2.48. The Morgan fingerprint density at radius 2 is 2.10 bits per heavy atom. The first-order chi connectivity index (χ1) is 15.0. The SMILES string of the molecule is CCCCCC(O)CCC1C(O)CC2Cc3c(cccc3OCC(=O)NCCO)CC21. The molecule has 0 bridgehead atoms. The number of unbranched alkanes of at least 4 members (excludes halogenated alkanes) is 2. The number of aliphatic hydroxyl groups is 3. The van der Waals surface area contributed by atoms with Crippen molar-refractivity contribution >= 4 is 5.91 Å². The van der Waals surface area contributed by atoms with E-state index in [1.165, 1.54) is 5.56 Å². The van der Waals surface area contributed by atoms with Gasteiger partial charge >= 0.3 is 0 Å². The topological polar surface area (TPSA) is 99.0 Å². The van der Waals surface area contributed by atoms with Crippen molar-refractivity contribution in [3.8, 4) is 5.75 Å². The Morgan fingerprint density at radius 3 is 2.87 bits per heavy atom. The number of amides is 1. The van der Waals surface area contributed by atoms with Crippen molar-refractivity contribution in [2.45, 2.75) is 76.9 Å². The van der Waals surface area contributed by atoms with E-state index in [1.54, 1.807) is 0 Å². The molecule has 31 heavy (non-hydrogen) atoms. The molecule has 0 saturated heterocycles. The molecule has 1 fully saturated rings. The molecule has 1 aromatic carbocycles. The molecule has 174 valence electrons. The van der Waals surface area contributed by atoms with Crippen molar-refractivity contribution in [2.24, 2.45) is 17.8 Å². The maximum atomic E-state index is 11.8. The molecule has 1 saturated carbocycles. The lowest BCUT2D eigenvalue weighted by Crippen LogP contribution is -2.31. The molecule has 1 amide bonds. The number of hydrogen-bond donors (Lipinski definition) is 4. The lowest BCUT2D eigenvalue weighted by Gasteiger charge is -2.32. The number of benzene rings is 1. The van der Waals surface area contributed by atoms with Gasteiger partial charge in [0.1, 0.15) is 5.75 Å². The van der Waals surface area contributed by atoms with Crippen LogP contribution in [0.5, 0.6) is 5.75 Å². The van der Waals surface area contributed by atoms with E-state index < -0.39 is 0 Å². The molecule has 0 heterocycles. The molecule has 5 unspecified atom stereocenters. The Kier molecular flexibility index (Phi) is 9.17. The number of hydrogen-bond acceptors (Lipinski definition) is 5. The normalized spacial score (nSPS) is 25.5. The maximum absolute atomic E-state index is 11.8. The van der Waals surface area contributed by atoms with E-state index in [0.717, 1.165) is 69.1 Å². The van der Waals surface area contributed by atoms with Gasteiger partial charge < -0.3 is 25.4 Å². The third kappa shape index (κ3) is 6.43. The average molecular weight is 434 g/mol. The second-order valence-corrected chi connectivity index (χ2v) is 9.28. The quantitative estimate of drug-likeness (QED) is 0.380. The van der Waals surface area contributed by atoms with Crippen LogP contribution in [-0.2, 0) is 17.6 Å². The van der Waals surface area contributed by atoms with Gasteiger partial charge in [-0.15, -0.1) is 0 Å². The zero-order valence-electron chi connectivity index (χ0n) is 18.8. The zero-order valence-corrected chi connectivity index (χ0v) is 18.8. The van der Waals surface area contributed by atoms with Gasteiger partial charge in [-0.1, -0.05) is 38.3 Å². The highest BCUT2D eigenvalue weighted by atomic mass is 16.5. The zero-order chi connectivity index (χ0) is 22.2. The summed E-state index contributed by atoms with van der Waals surface area (Å²) >= 11 is 0. The predicted molar refractivity (Wildman–Crippen MR) is 120 cm³/mol. The number of aliphatic hydroxyl groups excluding tert-OH is 3. The summed E-state index contributed by atoms with van der Waals surface area (Å²) in [7, 11) is 0. The minimum Gasteiger partial charge on any atom is -0.483 e. The van der Waals surface area contributed by atoms with Gasteiger partial charge in [-0.05, 0) is 73.5 Å². The molecule has 4 N–H and O–H groups in total. The van der Waals surface area contributed by atoms with Crippen LogP contribution >= 0.6 is 0 Å². The van der Waals surface area contributed by atoms with Crippen LogP contribution in [0.1, 0.15) is 63.0 Å². The summed E-state index contributed by atoms with van der Waals surface area (Å²) in [5, 5.41) is 32.5. The molecule has 0 radical (unpaired) electrons. The smallest absolute Gasteiger partial charge is 0.258 e. The van der Waals surface area contributed by atoms with Crippen LogP contribution in [0.2, 0.25) is 0 Å². The summed E-state index contributed by atoms with van der Waals surface area (Å²) in [4.78, 5) is 11.8.